The number of carbonyl (C=O) groups is 6. The zero-order valence-corrected chi connectivity index (χ0v) is 28.9. The first-order valence-electron chi connectivity index (χ1n) is 17.0. The molecule has 12 nitrogen and oxygen atoms in total. The van der Waals surface area contributed by atoms with E-state index < -0.39 is 60.0 Å². The molecular formula is C34H58N2O10. The van der Waals surface area contributed by atoms with E-state index in [2.05, 4.69) is 24.5 Å². The largest absolute Gasteiger partial charge is 0.465 e. The number of unbranched alkanes of at least 4 members (excludes halogenated alkanes) is 10. The molecule has 0 saturated carbocycles. The van der Waals surface area contributed by atoms with Gasteiger partial charge in [-0.15, -0.1) is 0 Å². The van der Waals surface area contributed by atoms with Crippen LogP contribution in [0, 0.1) is 0 Å². The molecule has 0 unspecified atom stereocenters. The summed E-state index contributed by atoms with van der Waals surface area (Å²) in [7, 11) is 0. The lowest BCUT2D eigenvalue weighted by Crippen LogP contribution is -2.47. The number of hydrogen-bond acceptors (Lipinski definition) is 12. The van der Waals surface area contributed by atoms with Crippen molar-refractivity contribution in [3.05, 3.63) is 12.2 Å². The molecule has 0 rings (SSSR count). The highest BCUT2D eigenvalue weighted by Crippen LogP contribution is 2.12. The predicted octanol–water partition coefficient (Wildman–Crippen LogP) is 5.00. The number of rotatable bonds is 26. The third-order valence-corrected chi connectivity index (χ3v) is 7.20. The Morgan fingerprint density at radius 1 is 0.500 bits per heavy atom. The smallest absolute Gasteiger partial charge is 0.338 e. The minimum Gasteiger partial charge on any atom is -0.465 e. The van der Waals surface area contributed by atoms with Crippen molar-refractivity contribution < 1.29 is 47.7 Å². The topological polar surface area (TPSA) is 163 Å². The Morgan fingerprint density at radius 3 is 1.15 bits per heavy atom. The average molecular weight is 655 g/mol. The van der Waals surface area contributed by atoms with E-state index in [1.807, 2.05) is 0 Å². The van der Waals surface area contributed by atoms with Crippen molar-refractivity contribution in [2.45, 2.75) is 156 Å². The van der Waals surface area contributed by atoms with Crippen molar-refractivity contribution in [2.75, 3.05) is 13.2 Å². The second-order valence-corrected chi connectivity index (χ2v) is 11.3. The van der Waals surface area contributed by atoms with Crippen molar-refractivity contribution >= 4 is 35.8 Å². The Kier molecular flexibility index (Phi) is 25.2. The minimum atomic E-state index is -1.15. The molecule has 0 aromatic rings. The molecule has 0 spiro atoms. The third kappa shape index (κ3) is 20.8. The number of carbonyl (C=O) groups excluding carboxylic acids is 6. The van der Waals surface area contributed by atoms with Gasteiger partial charge in [-0.25, -0.2) is 19.2 Å². The van der Waals surface area contributed by atoms with Gasteiger partial charge in [-0.3, -0.25) is 20.2 Å². The van der Waals surface area contributed by atoms with Gasteiger partial charge in [-0.05, 0) is 40.5 Å². The molecule has 0 aromatic heterocycles. The minimum absolute atomic E-state index is 0.189. The molecule has 0 fully saturated rings. The lowest BCUT2D eigenvalue weighted by atomic mass is 10.0. The Morgan fingerprint density at radius 2 is 0.826 bits per heavy atom. The van der Waals surface area contributed by atoms with Crippen molar-refractivity contribution in [3.8, 4) is 0 Å². The summed E-state index contributed by atoms with van der Waals surface area (Å²) in [6, 6.07) is -3.53. The highest BCUT2D eigenvalue weighted by Gasteiger charge is 2.27. The van der Waals surface area contributed by atoms with Gasteiger partial charge < -0.3 is 18.9 Å². The van der Waals surface area contributed by atoms with E-state index in [9.17, 15) is 28.8 Å². The van der Waals surface area contributed by atoms with Crippen LogP contribution in [0.25, 0.3) is 0 Å². The SMILES string of the molecule is CCCCCCCC[C@H](N[C@@H](C)C(=O)OC(=O)/C=C\C(=O)OC(=O)[C@H](C)N[C@@H](CCCCCCCC)C(=O)OCC)C(=O)OCC. The van der Waals surface area contributed by atoms with E-state index in [1.54, 1.807) is 13.8 Å². The second kappa shape index (κ2) is 27.0. The first-order valence-corrected chi connectivity index (χ1v) is 17.0. The van der Waals surface area contributed by atoms with Gasteiger partial charge >= 0.3 is 35.8 Å². The van der Waals surface area contributed by atoms with Crippen LogP contribution < -0.4 is 10.6 Å². The molecular weight excluding hydrogens is 596 g/mol. The summed E-state index contributed by atoms with van der Waals surface area (Å²) < 4.78 is 19.7. The maximum Gasteiger partial charge on any atom is 0.338 e. The van der Waals surface area contributed by atoms with Gasteiger partial charge in [0.25, 0.3) is 0 Å². The summed E-state index contributed by atoms with van der Waals surface area (Å²) in [6.45, 7) is 10.9. The first kappa shape index (κ1) is 42.9. The summed E-state index contributed by atoms with van der Waals surface area (Å²) in [4.78, 5) is 74.0. The van der Waals surface area contributed by atoms with E-state index in [-0.39, 0.29) is 13.2 Å². The molecule has 0 radical (unpaired) electrons. The molecule has 0 bridgehead atoms. The Hall–Kier alpha value is -3.12. The van der Waals surface area contributed by atoms with E-state index in [4.69, 9.17) is 18.9 Å². The number of ether oxygens (including phenoxy) is 4. The zero-order valence-electron chi connectivity index (χ0n) is 28.9. The molecule has 0 amide bonds. The highest BCUT2D eigenvalue weighted by molar-refractivity contribution is 6.00. The zero-order chi connectivity index (χ0) is 34.7. The van der Waals surface area contributed by atoms with Crippen molar-refractivity contribution in [1.29, 1.82) is 0 Å². The summed E-state index contributed by atoms with van der Waals surface area (Å²) in [6.07, 6.45) is 14.6. The monoisotopic (exact) mass is 654 g/mol. The van der Waals surface area contributed by atoms with Crippen LogP contribution in [0.5, 0.6) is 0 Å². The summed E-state index contributed by atoms with van der Waals surface area (Å²) >= 11 is 0. The maximum atomic E-state index is 12.5. The molecule has 264 valence electrons. The van der Waals surface area contributed by atoms with Crippen LogP contribution in [0.1, 0.15) is 131 Å². The quantitative estimate of drug-likeness (QED) is 0.0422. The van der Waals surface area contributed by atoms with Crippen LogP contribution in [-0.2, 0) is 47.7 Å². The molecule has 0 aliphatic heterocycles. The molecule has 2 N–H and O–H groups in total. The first-order chi connectivity index (χ1) is 22.0. The van der Waals surface area contributed by atoms with E-state index in [1.165, 1.54) is 13.8 Å². The summed E-state index contributed by atoms with van der Waals surface area (Å²) in [5, 5.41) is 5.73. The lowest BCUT2D eigenvalue weighted by molar-refractivity contribution is -0.161. The molecule has 0 aromatic carbocycles. The molecule has 46 heavy (non-hydrogen) atoms. The normalized spacial score (nSPS) is 13.8. The summed E-state index contributed by atoms with van der Waals surface area (Å²) in [5.41, 5.74) is 0. The van der Waals surface area contributed by atoms with Crippen LogP contribution in [0.15, 0.2) is 12.2 Å². The number of esters is 6. The van der Waals surface area contributed by atoms with Crippen LogP contribution in [0.3, 0.4) is 0 Å². The van der Waals surface area contributed by atoms with Gasteiger partial charge in [-0.2, -0.15) is 0 Å². The van der Waals surface area contributed by atoms with Gasteiger partial charge in [0.15, 0.2) is 0 Å². The fraction of sp³-hybridized carbons (Fsp3) is 0.765. The Labute approximate surface area is 275 Å². The molecule has 12 heteroatoms. The van der Waals surface area contributed by atoms with E-state index in [0.717, 1.165) is 77.0 Å². The van der Waals surface area contributed by atoms with E-state index >= 15 is 0 Å². The average Bonchev–Trinajstić information content (AvgIpc) is 3.02. The maximum absolute atomic E-state index is 12.5. The van der Waals surface area contributed by atoms with Gasteiger partial charge in [0, 0.05) is 12.2 Å². The highest BCUT2D eigenvalue weighted by atomic mass is 16.6. The van der Waals surface area contributed by atoms with Gasteiger partial charge in [0.1, 0.15) is 24.2 Å². The lowest BCUT2D eigenvalue weighted by Gasteiger charge is -2.20. The van der Waals surface area contributed by atoms with Crippen molar-refractivity contribution in [2.24, 2.45) is 0 Å². The van der Waals surface area contributed by atoms with Crippen LogP contribution in [0.4, 0.5) is 0 Å². The fourth-order valence-electron chi connectivity index (χ4n) is 4.60. The summed E-state index contributed by atoms with van der Waals surface area (Å²) in [5.74, 6) is -5.20. The van der Waals surface area contributed by atoms with Crippen LogP contribution in [-0.4, -0.2) is 73.2 Å². The van der Waals surface area contributed by atoms with Crippen LogP contribution >= 0.6 is 0 Å². The standard InChI is InChI=1S/C34H58N2O10/c1-7-11-13-15-17-19-21-27(33(41)43-9-3)35-25(5)31(39)45-29(37)23-24-30(38)46-32(40)26(6)36-28(34(42)44-10-4)22-20-18-16-14-12-8-2/h23-28,35-36H,7-22H2,1-6H3/b24-23-/t25-,26-,27-,28-/m0/s1. The molecule has 4 atom stereocenters. The molecule has 0 aliphatic carbocycles. The Bertz CT molecular complexity index is 878. The second-order valence-electron chi connectivity index (χ2n) is 11.3. The molecule has 0 aliphatic rings. The van der Waals surface area contributed by atoms with Gasteiger partial charge in [-0.1, -0.05) is 90.9 Å². The predicted molar refractivity (Wildman–Crippen MR) is 173 cm³/mol. The number of nitrogens with one attached hydrogen (secondary N) is 2. The van der Waals surface area contributed by atoms with E-state index in [0.29, 0.717) is 25.0 Å². The van der Waals surface area contributed by atoms with Gasteiger partial charge in [0.05, 0.1) is 13.2 Å². The van der Waals surface area contributed by atoms with Crippen molar-refractivity contribution in [1.82, 2.24) is 10.6 Å². The number of hydrogen-bond donors (Lipinski definition) is 2. The molecule has 0 saturated heterocycles. The molecule has 0 heterocycles. The fourth-order valence-corrected chi connectivity index (χ4v) is 4.60. The van der Waals surface area contributed by atoms with Crippen molar-refractivity contribution in [3.63, 3.8) is 0 Å². The third-order valence-electron chi connectivity index (χ3n) is 7.20. The Balaban J connectivity index is 4.87. The van der Waals surface area contributed by atoms with Gasteiger partial charge in [0.2, 0.25) is 0 Å². The van der Waals surface area contributed by atoms with Crippen LogP contribution in [0.2, 0.25) is 0 Å².